The van der Waals surface area contributed by atoms with Crippen LogP contribution < -0.4 is 9.21 Å². The molecule has 2 atom stereocenters. The Morgan fingerprint density at radius 2 is 1.73 bits per heavy atom. The van der Waals surface area contributed by atoms with Crippen molar-refractivity contribution >= 4 is 27.3 Å². The topological polar surface area (TPSA) is 57.7 Å². The lowest BCUT2D eigenvalue weighted by Gasteiger charge is -2.43. The maximum Gasteiger partial charge on any atom is 0.232 e. The predicted octanol–water partition coefficient (Wildman–Crippen LogP) is 3.73. The molecule has 1 aliphatic rings. The number of benzene rings is 2. The number of anilines is 2. The van der Waals surface area contributed by atoms with E-state index in [4.69, 9.17) is 0 Å². The molecule has 0 radical (unpaired) electrons. The van der Waals surface area contributed by atoms with E-state index < -0.39 is 10.0 Å². The molecule has 0 bridgehead atoms. The molecule has 0 N–H and O–H groups in total. The van der Waals surface area contributed by atoms with Gasteiger partial charge in [0.05, 0.1) is 18.0 Å². The molecule has 0 unspecified atom stereocenters. The summed E-state index contributed by atoms with van der Waals surface area (Å²) in [6.07, 6.45) is 2.19. The monoisotopic (exact) mass is 372 g/mol. The first kappa shape index (κ1) is 18.5. The van der Waals surface area contributed by atoms with Crippen molar-refractivity contribution in [1.29, 1.82) is 0 Å². The minimum absolute atomic E-state index is 0.0500. The summed E-state index contributed by atoms with van der Waals surface area (Å²) in [7, 11) is -3.50. The Hall–Kier alpha value is -2.34. The first-order valence-electron chi connectivity index (χ1n) is 8.80. The van der Waals surface area contributed by atoms with Gasteiger partial charge in [0.1, 0.15) is 0 Å². The smallest absolute Gasteiger partial charge is 0.232 e. The highest BCUT2D eigenvalue weighted by Crippen LogP contribution is 2.43. The van der Waals surface area contributed by atoms with E-state index in [2.05, 4.69) is 0 Å². The molecule has 0 aromatic heterocycles. The van der Waals surface area contributed by atoms with Crippen molar-refractivity contribution in [2.75, 3.05) is 15.5 Å². The number of amides is 1. The molecule has 0 saturated carbocycles. The number of carbonyl (C=O) groups is 1. The Labute approximate surface area is 155 Å². The van der Waals surface area contributed by atoms with E-state index in [-0.39, 0.29) is 18.0 Å². The van der Waals surface area contributed by atoms with E-state index in [1.54, 1.807) is 17.0 Å². The number of rotatable bonds is 4. The van der Waals surface area contributed by atoms with Gasteiger partial charge in [0.25, 0.3) is 0 Å². The van der Waals surface area contributed by atoms with E-state index in [9.17, 15) is 13.2 Å². The average Bonchev–Trinajstić information content (AvgIpc) is 2.61. The number of nitrogens with zero attached hydrogens (tertiary/aromatic N) is 2. The van der Waals surface area contributed by atoms with Crippen LogP contribution >= 0.6 is 0 Å². The molecule has 6 heteroatoms. The van der Waals surface area contributed by atoms with Crippen LogP contribution in [0.25, 0.3) is 0 Å². The zero-order valence-corrected chi connectivity index (χ0v) is 16.1. The van der Waals surface area contributed by atoms with Crippen molar-refractivity contribution in [3.63, 3.8) is 0 Å². The summed E-state index contributed by atoms with van der Waals surface area (Å²) in [4.78, 5) is 14.3. The van der Waals surface area contributed by atoms with Crippen molar-refractivity contribution in [2.24, 2.45) is 0 Å². The van der Waals surface area contributed by atoms with Crippen LogP contribution in [0.2, 0.25) is 0 Å². The number of fused-ring (bicyclic) bond motifs is 1. The molecule has 26 heavy (non-hydrogen) atoms. The lowest BCUT2D eigenvalue weighted by atomic mass is 9.91. The standard InChI is InChI=1S/C20H24N2O3S/c1-4-20(23)21-15(2)14-19(17-12-8-9-13-18(17)21)22(26(3,24)25)16-10-6-5-7-11-16/h5-13,15,19H,4,14H2,1-3H3/t15-,19-/m1/s1. The third kappa shape index (κ3) is 3.33. The zero-order chi connectivity index (χ0) is 18.9. The molecule has 0 fully saturated rings. The molecule has 2 aromatic carbocycles. The summed E-state index contributed by atoms with van der Waals surface area (Å²) < 4.78 is 26.8. The van der Waals surface area contributed by atoms with Gasteiger partial charge < -0.3 is 4.90 Å². The van der Waals surface area contributed by atoms with Crippen LogP contribution in [0.1, 0.15) is 38.3 Å². The van der Waals surface area contributed by atoms with Gasteiger partial charge in [-0.25, -0.2) is 8.42 Å². The summed E-state index contributed by atoms with van der Waals surface area (Å²) >= 11 is 0. The average molecular weight is 372 g/mol. The van der Waals surface area contributed by atoms with Crippen LogP contribution in [0.15, 0.2) is 54.6 Å². The Balaban J connectivity index is 2.16. The van der Waals surface area contributed by atoms with Crippen LogP contribution in [0.5, 0.6) is 0 Å². The van der Waals surface area contributed by atoms with Gasteiger partial charge in [-0.3, -0.25) is 9.10 Å². The maximum atomic E-state index is 12.7. The summed E-state index contributed by atoms with van der Waals surface area (Å²) in [5.41, 5.74) is 2.30. The van der Waals surface area contributed by atoms with Crippen LogP contribution in [-0.4, -0.2) is 26.6 Å². The quantitative estimate of drug-likeness (QED) is 0.822. The van der Waals surface area contributed by atoms with Gasteiger partial charge in [0, 0.05) is 18.2 Å². The number of hydrogen-bond acceptors (Lipinski definition) is 3. The van der Waals surface area contributed by atoms with Gasteiger partial charge in [-0.2, -0.15) is 0 Å². The van der Waals surface area contributed by atoms with E-state index in [0.717, 1.165) is 11.3 Å². The Kier molecular flexibility index (Phi) is 5.05. The predicted molar refractivity (Wildman–Crippen MR) is 105 cm³/mol. The van der Waals surface area contributed by atoms with Gasteiger partial charge >= 0.3 is 0 Å². The molecule has 0 saturated heterocycles. The minimum atomic E-state index is -3.50. The van der Waals surface area contributed by atoms with Crippen LogP contribution in [-0.2, 0) is 14.8 Å². The van der Waals surface area contributed by atoms with Crippen LogP contribution in [0.4, 0.5) is 11.4 Å². The fourth-order valence-electron chi connectivity index (χ4n) is 3.73. The van der Waals surface area contributed by atoms with Gasteiger partial charge in [-0.05, 0) is 37.1 Å². The second-order valence-electron chi connectivity index (χ2n) is 6.67. The second-order valence-corrected chi connectivity index (χ2v) is 8.53. The fourth-order valence-corrected chi connectivity index (χ4v) is 4.90. The summed E-state index contributed by atoms with van der Waals surface area (Å²) in [6, 6.07) is 16.3. The molecule has 0 aliphatic carbocycles. The number of hydrogen-bond donors (Lipinski definition) is 0. The lowest BCUT2D eigenvalue weighted by Crippen LogP contribution is -2.47. The van der Waals surface area contributed by atoms with Crippen molar-refractivity contribution < 1.29 is 13.2 Å². The van der Waals surface area contributed by atoms with Crippen molar-refractivity contribution in [3.05, 3.63) is 60.2 Å². The molecule has 1 heterocycles. The van der Waals surface area contributed by atoms with Gasteiger partial charge in [0.15, 0.2) is 0 Å². The van der Waals surface area contributed by atoms with E-state index in [1.165, 1.54) is 10.6 Å². The highest BCUT2D eigenvalue weighted by Gasteiger charge is 2.38. The normalized spacial score (nSPS) is 19.7. The molecule has 2 aromatic rings. The molecule has 138 valence electrons. The van der Waals surface area contributed by atoms with Gasteiger partial charge in [-0.15, -0.1) is 0 Å². The molecule has 1 amide bonds. The van der Waals surface area contributed by atoms with E-state index >= 15 is 0 Å². The Morgan fingerprint density at radius 1 is 1.12 bits per heavy atom. The maximum absolute atomic E-state index is 12.7. The molecule has 5 nitrogen and oxygen atoms in total. The third-order valence-corrected chi connectivity index (χ3v) is 5.96. The Morgan fingerprint density at radius 3 is 2.35 bits per heavy atom. The highest BCUT2D eigenvalue weighted by atomic mass is 32.2. The van der Waals surface area contributed by atoms with Crippen molar-refractivity contribution in [1.82, 2.24) is 0 Å². The van der Waals surface area contributed by atoms with E-state index in [1.807, 2.05) is 56.3 Å². The fraction of sp³-hybridized carbons (Fsp3) is 0.350. The second kappa shape index (κ2) is 7.11. The largest absolute Gasteiger partial charge is 0.309 e. The molecule has 1 aliphatic heterocycles. The molecule has 3 rings (SSSR count). The first-order valence-corrected chi connectivity index (χ1v) is 10.6. The van der Waals surface area contributed by atoms with Gasteiger partial charge in [0.2, 0.25) is 15.9 Å². The summed E-state index contributed by atoms with van der Waals surface area (Å²) in [5.74, 6) is 0.0500. The lowest BCUT2D eigenvalue weighted by molar-refractivity contribution is -0.118. The van der Waals surface area contributed by atoms with Crippen LogP contribution in [0, 0.1) is 0 Å². The molecular weight excluding hydrogens is 348 g/mol. The summed E-state index contributed by atoms with van der Waals surface area (Å²) in [5, 5.41) is 0. The SMILES string of the molecule is CCC(=O)N1c2ccccc2[C@H](N(c2ccccc2)S(C)(=O)=O)C[C@H]1C. The Bertz CT molecular complexity index is 896. The van der Waals surface area contributed by atoms with Crippen molar-refractivity contribution in [2.45, 2.75) is 38.8 Å². The number of para-hydroxylation sites is 2. The third-order valence-electron chi connectivity index (χ3n) is 4.78. The van der Waals surface area contributed by atoms with E-state index in [0.29, 0.717) is 18.5 Å². The summed E-state index contributed by atoms with van der Waals surface area (Å²) in [6.45, 7) is 3.82. The number of carbonyl (C=O) groups excluding carboxylic acids is 1. The molecule has 0 spiro atoms. The number of sulfonamides is 1. The first-order chi connectivity index (χ1) is 12.3. The minimum Gasteiger partial charge on any atom is -0.309 e. The zero-order valence-electron chi connectivity index (χ0n) is 15.3. The molecular formula is C20H24N2O3S. The highest BCUT2D eigenvalue weighted by molar-refractivity contribution is 7.92. The van der Waals surface area contributed by atoms with Crippen LogP contribution in [0.3, 0.4) is 0 Å². The van der Waals surface area contributed by atoms with Gasteiger partial charge in [-0.1, -0.05) is 43.3 Å². The van der Waals surface area contributed by atoms with Crippen molar-refractivity contribution in [3.8, 4) is 0 Å².